The Morgan fingerprint density at radius 2 is 1.78 bits per heavy atom. The van der Waals surface area contributed by atoms with Crippen molar-refractivity contribution in [3.63, 3.8) is 0 Å². The number of aryl methyl sites for hydroxylation is 1. The van der Waals surface area contributed by atoms with Crippen LogP contribution in [-0.4, -0.2) is 76.7 Å². The molecule has 0 atom stereocenters. The van der Waals surface area contributed by atoms with E-state index in [-0.39, 0.29) is 11.8 Å². The van der Waals surface area contributed by atoms with Crippen molar-refractivity contribution >= 4 is 28.5 Å². The number of anilines is 1. The minimum absolute atomic E-state index is 0.0619. The Kier molecular flexibility index (Phi) is 6.87. The molecule has 2 aromatic carbocycles. The van der Waals surface area contributed by atoms with Crippen LogP contribution in [0.1, 0.15) is 27.6 Å². The van der Waals surface area contributed by atoms with Gasteiger partial charge in [0, 0.05) is 43.9 Å². The zero-order chi connectivity index (χ0) is 25.9. The van der Waals surface area contributed by atoms with Gasteiger partial charge in [-0.25, -0.2) is 9.67 Å². The maximum absolute atomic E-state index is 13.7. The summed E-state index contributed by atoms with van der Waals surface area (Å²) < 4.78 is 7.28. The van der Waals surface area contributed by atoms with Gasteiger partial charge in [0.2, 0.25) is 0 Å². The molecule has 37 heavy (non-hydrogen) atoms. The highest BCUT2D eigenvalue weighted by atomic mass is 16.5. The van der Waals surface area contributed by atoms with Crippen LogP contribution < -0.4 is 10.1 Å². The quantitative estimate of drug-likeness (QED) is 0.435. The third-order valence-electron chi connectivity index (χ3n) is 6.71. The molecule has 1 fully saturated rings. The van der Waals surface area contributed by atoms with E-state index in [1.807, 2.05) is 49.2 Å². The second-order valence-corrected chi connectivity index (χ2v) is 9.08. The normalized spacial score (nSPS) is 14.1. The summed E-state index contributed by atoms with van der Waals surface area (Å²) in [5, 5.41) is 8.05. The Balaban J connectivity index is 1.50. The summed E-state index contributed by atoms with van der Waals surface area (Å²) in [7, 11) is 3.59. The number of nitrogens with one attached hydrogen (secondary N) is 1. The number of rotatable bonds is 6. The number of piperazine rings is 1. The van der Waals surface area contributed by atoms with Crippen molar-refractivity contribution in [2.24, 2.45) is 0 Å². The molecule has 4 aromatic rings. The fourth-order valence-electron chi connectivity index (χ4n) is 4.54. The molecule has 0 spiro atoms. The number of methoxy groups -OCH3 is 1. The molecule has 2 aromatic heterocycles. The standard InChI is InChI=1S/C28H30N6O3/c1-4-34-26-22(18-29-34)21(17-23(30-26)19-8-6-5-7-9-19)27(35)31-24-16-20(10-11-25(24)37-3)28(36)33-14-12-32(2)13-15-33/h5-11,16-18H,4,12-15H2,1-3H3,(H,31,35). The van der Waals surface area contributed by atoms with Crippen LogP contribution in [0.4, 0.5) is 5.69 Å². The Morgan fingerprint density at radius 1 is 1.03 bits per heavy atom. The van der Waals surface area contributed by atoms with Gasteiger partial charge in [0.25, 0.3) is 11.8 Å². The summed E-state index contributed by atoms with van der Waals surface area (Å²) in [5.41, 5.74) is 3.60. The van der Waals surface area contributed by atoms with Gasteiger partial charge in [-0.3, -0.25) is 9.59 Å². The summed E-state index contributed by atoms with van der Waals surface area (Å²) in [4.78, 5) is 35.7. The van der Waals surface area contributed by atoms with E-state index in [2.05, 4.69) is 15.3 Å². The van der Waals surface area contributed by atoms with Crippen LogP contribution in [-0.2, 0) is 6.54 Å². The fraction of sp³-hybridized carbons (Fsp3) is 0.286. The Hall–Kier alpha value is -4.24. The number of carbonyl (C=O) groups excluding carboxylic acids is 2. The van der Waals surface area contributed by atoms with Crippen molar-refractivity contribution in [3.8, 4) is 17.0 Å². The highest BCUT2D eigenvalue weighted by Gasteiger charge is 2.23. The van der Waals surface area contributed by atoms with Gasteiger partial charge in [-0.15, -0.1) is 0 Å². The van der Waals surface area contributed by atoms with Crippen LogP contribution in [0, 0.1) is 0 Å². The van der Waals surface area contributed by atoms with E-state index in [0.29, 0.717) is 58.9 Å². The van der Waals surface area contributed by atoms with E-state index in [1.165, 1.54) is 7.11 Å². The SMILES string of the molecule is CCn1ncc2c(C(=O)Nc3cc(C(=O)N4CCN(C)CC4)ccc3OC)cc(-c3ccccc3)nc21. The first-order chi connectivity index (χ1) is 18.0. The largest absolute Gasteiger partial charge is 0.495 e. The Labute approximate surface area is 215 Å². The number of fused-ring (bicyclic) bond motifs is 1. The molecule has 2 amide bonds. The molecule has 1 aliphatic heterocycles. The van der Waals surface area contributed by atoms with Gasteiger partial charge in [0.1, 0.15) is 5.75 Å². The molecule has 9 heteroatoms. The predicted octanol–water partition coefficient (Wildman–Crippen LogP) is 3.77. The Bertz CT molecular complexity index is 1440. The molecule has 9 nitrogen and oxygen atoms in total. The lowest BCUT2D eigenvalue weighted by Crippen LogP contribution is -2.47. The number of likely N-dealkylation sites (N-methyl/N-ethyl adjacent to an activating group) is 1. The van der Waals surface area contributed by atoms with E-state index in [0.717, 1.165) is 18.7 Å². The zero-order valence-corrected chi connectivity index (χ0v) is 21.3. The highest BCUT2D eigenvalue weighted by molar-refractivity contribution is 6.13. The number of nitrogens with zero attached hydrogens (tertiary/aromatic N) is 5. The summed E-state index contributed by atoms with van der Waals surface area (Å²) in [6.07, 6.45) is 1.67. The first-order valence-corrected chi connectivity index (χ1v) is 12.4. The lowest BCUT2D eigenvalue weighted by Gasteiger charge is -2.32. The van der Waals surface area contributed by atoms with Crippen molar-refractivity contribution < 1.29 is 14.3 Å². The molecule has 5 rings (SSSR count). The van der Waals surface area contributed by atoms with E-state index in [9.17, 15) is 9.59 Å². The second kappa shape index (κ2) is 10.4. The van der Waals surface area contributed by atoms with Crippen LogP contribution in [0.3, 0.4) is 0 Å². The van der Waals surface area contributed by atoms with E-state index in [1.54, 1.807) is 35.1 Å². The monoisotopic (exact) mass is 498 g/mol. The highest BCUT2D eigenvalue weighted by Crippen LogP contribution is 2.29. The average Bonchev–Trinajstić information content (AvgIpc) is 3.36. The maximum Gasteiger partial charge on any atom is 0.256 e. The van der Waals surface area contributed by atoms with Crippen molar-refractivity contribution in [2.45, 2.75) is 13.5 Å². The Morgan fingerprint density at radius 3 is 2.49 bits per heavy atom. The molecule has 1 aliphatic rings. The van der Waals surface area contributed by atoms with Crippen LogP contribution in [0.15, 0.2) is 60.8 Å². The number of aromatic nitrogens is 3. The van der Waals surface area contributed by atoms with Gasteiger partial charge in [-0.2, -0.15) is 5.10 Å². The van der Waals surface area contributed by atoms with Crippen LogP contribution in [0.5, 0.6) is 5.75 Å². The van der Waals surface area contributed by atoms with Gasteiger partial charge in [-0.05, 0) is 38.2 Å². The van der Waals surface area contributed by atoms with Crippen LogP contribution in [0.2, 0.25) is 0 Å². The molecule has 0 bridgehead atoms. The van der Waals surface area contributed by atoms with Crippen molar-refractivity contribution in [1.29, 1.82) is 0 Å². The van der Waals surface area contributed by atoms with Gasteiger partial charge in [-0.1, -0.05) is 30.3 Å². The predicted molar refractivity (Wildman–Crippen MR) is 143 cm³/mol. The molecule has 1 saturated heterocycles. The minimum Gasteiger partial charge on any atom is -0.495 e. The lowest BCUT2D eigenvalue weighted by atomic mass is 10.1. The minimum atomic E-state index is -0.331. The van der Waals surface area contributed by atoms with Crippen molar-refractivity contribution in [3.05, 3.63) is 71.9 Å². The van der Waals surface area contributed by atoms with Crippen molar-refractivity contribution in [1.82, 2.24) is 24.6 Å². The molecule has 0 aliphatic carbocycles. The van der Waals surface area contributed by atoms with Crippen LogP contribution in [0.25, 0.3) is 22.3 Å². The molecule has 0 radical (unpaired) electrons. The van der Waals surface area contributed by atoms with Gasteiger partial charge >= 0.3 is 0 Å². The first kappa shape index (κ1) is 24.5. The molecule has 0 unspecified atom stereocenters. The summed E-state index contributed by atoms with van der Waals surface area (Å²) >= 11 is 0. The number of hydrogen-bond acceptors (Lipinski definition) is 6. The maximum atomic E-state index is 13.7. The number of pyridine rings is 1. The molecule has 0 saturated carbocycles. The third kappa shape index (κ3) is 4.90. The van der Waals surface area contributed by atoms with Gasteiger partial charge in [0.05, 0.1) is 35.6 Å². The second-order valence-electron chi connectivity index (χ2n) is 9.08. The molecular weight excluding hydrogens is 468 g/mol. The van der Waals surface area contributed by atoms with E-state index < -0.39 is 0 Å². The summed E-state index contributed by atoms with van der Waals surface area (Å²) in [6.45, 7) is 5.61. The first-order valence-electron chi connectivity index (χ1n) is 12.4. The third-order valence-corrected chi connectivity index (χ3v) is 6.71. The topological polar surface area (TPSA) is 92.6 Å². The number of amides is 2. The van der Waals surface area contributed by atoms with Gasteiger partial charge < -0.3 is 19.9 Å². The number of carbonyl (C=O) groups is 2. The zero-order valence-electron chi connectivity index (χ0n) is 21.3. The molecular formula is C28H30N6O3. The van der Waals surface area contributed by atoms with Gasteiger partial charge in [0.15, 0.2) is 5.65 Å². The summed E-state index contributed by atoms with van der Waals surface area (Å²) in [5.74, 6) is 0.0805. The fourth-order valence-corrected chi connectivity index (χ4v) is 4.54. The smallest absolute Gasteiger partial charge is 0.256 e. The molecule has 1 N–H and O–H groups in total. The van der Waals surface area contributed by atoms with E-state index in [4.69, 9.17) is 9.72 Å². The van der Waals surface area contributed by atoms with Crippen LogP contribution >= 0.6 is 0 Å². The molecule has 190 valence electrons. The lowest BCUT2D eigenvalue weighted by molar-refractivity contribution is 0.0664. The number of benzene rings is 2. The average molecular weight is 499 g/mol. The molecule has 3 heterocycles. The summed E-state index contributed by atoms with van der Waals surface area (Å²) in [6, 6.07) is 16.6. The van der Waals surface area contributed by atoms with Crippen molar-refractivity contribution in [2.75, 3.05) is 45.7 Å². The number of hydrogen-bond donors (Lipinski definition) is 1. The van der Waals surface area contributed by atoms with E-state index >= 15 is 0 Å². The number of ether oxygens (including phenoxy) is 1.